The minimum Gasteiger partial charge on any atom is -0.507 e. The van der Waals surface area contributed by atoms with Gasteiger partial charge >= 0.3 is 0 Å². The van der Waals surface area contributed by atoms with Gasteiger partial charge < -0.3 is 57.0 Å². The Morgan fingerprint density at radius 2 is 1.28 bits per heavy atom. The molecule has 4 aromatic carbocycles. The number of nitrogens with zero attached hydrogens (tertiary/aromatic N) is 1. The number of aliphatic hydroxyl groups excluding tert-OH is 3. The van der Waals surface area contributed by atoms with Gasteiger partial charge in [0.1, 0.15) is 11.5 Å². The first-order chi connectivity index (χ1) is 27.7. The standard InChI is InChI=1S/C42H50N6O8S/c1-3-48(4-2)18-15-47-37-26(21-24(23-51)42-36(37)38(53)25-7-5-6-8-31(25)57-42)27-22-30(52)34-35(39(27)54)41(56)33-29(46-14-12-44-17-20-50)10-9-28(32(33)40(34)55)45-13-11-43-16-19-49/h5-10,21-22,43-47,49-52,54H,3-4,11-20,23H2,1-2H3. The number of aromatic hydroxyl groups is 2. The van der Waals surface area contributed by atoms with Gasteiger partial charge in [-0.3, -0.25) is 14.4 Å². The van der Waals surface area contributed by atoms with Crippen LogP contribution in [0.15, 0.2) is 53.3 Å². The number of likely N-dealkylation sites (N-methyl/N-ethyl adjacent to an activating group) is 1. The van der Waals surface area contributed by atoms with Crippen LogP contribution in [-0.4, -0.2) is 121 Å². The van der Waals surface area contributed by atoms with Gasteiger partial charge in [-0.05, 0) is 55.1 Å². The lowest BCUT2D eigenvalue weighted by Gasteiger charge is -2.26. The van der Waals surface area contributed by atoms with E-state index >= 15 is 0 Å². The first kappa shape index (κ1) is 41.5. The van der Waals surface area contributed by atoms with Crippen molar-refractivity contribution in [2.45, 2.75) is 20.5 Å². The molecule has 0 amide bonds. The van der Waals surface area contributed by atoms with Gasteiger partial charge in [0.25, 0.3) is 0 Å². The van der Waals surface area contributed by atoms with Gasteiger partial charge in [-0.1, -0.05) is 26.0 Å². The number of benzene rings is 4. The second-order valence-electron chi connectivity index (χ2n) is 13.6. The summed E-state index contributed by atoms with van der Waals surface area (Å²) < 4.78 is 1.31. The Balaban J connectivity index is 1.54. The molecule has 0 fully saturated rings. The zero-order chi connectivity index (χ0) is 40.6. The molecular formula is C42H50N6O8S. The molecule has 15 heteroatoms. The van der Waals surface area contributed by atoms with Crippen LogP contribution >= 0.6 is 11.3 Å². The highest BCUT2D eigenvalue weighted by molar-refractivity contribution is 7.24. The van der Waals surface area contributed by atoms with Crippen LogP contribution in [0.2, 0.25) is 0 Å². The summed E-state index contributed by atoms with van der Waals surface area (Å²) in [5.74, 6) is -2.46. The Hall–Kier alpha value is -5.13. The van der Waals surface area contributed by atoms with Crippen molar-refractivity contribution in [3.8, 4) is 22.6 Å². The van der Waals surface area contributed by atoms with Crippen molar-refractivity contribution in [3.63, 3.8) is 0 Å². The SMILES string of the molecule is CCN(CC)CCNc1c(-c2cc(O)c3c(c2O)C(=O)c2c(NCCNCCO)ccc(NCCNCCO)c2C3=O)cc(CO)c2sc3ccccc3c(=O)c12. The van der Waals surface area contributed by atoms with E-state index in [9.17, 15) is 34.8 Å². The molecule has 5 aromatic rings. The predicted octanol–water partition coefficient (Wildman–Crippen LogP) is 3.50. The molecule has 1 aliphatic rings. The number of carbonyl (C=O) groups is 2. The molecule has 0 unspecified atom stereocenters. The summed E-state index contributed by atoms with van der Waals surface area (Å²) >= 11 is 1.36. The van der Waals surface area contributed by atoms with Crippen LogP contribution in [0.1, 0.15) is 51.3 Å². The van der Waals surface area contributed by atoms with Crippen LogP contribution in [-0.2, 0) is 6.61 Å². The van der Waals surface area contributed by atoms with E-state index in [1.54, 1.807) is 30.3 Å². The Labute approximate surface area is 334 Å². The van der Waals surface area contributed by atoms with E-state index in [1.165, 1.54) is 17.4 Å². The molecule has 0 aliphatic heterocycles. The summed E-state index contributed by atoms with van der Waals surface area (Å²) in [4.78, 5) is 45.8. The number of ketones is 2. The minimum absolute atomic E-state index is 0.00213. The number of hydrogen-bond donors (Lipinski definition) is 10. The fourth-order valence-electron chi connectivity index (χ4n) is 7.35. The van der Waals surface area contributed by atoms with Crippen molar-refractivity contribution < 1.29 is 35.1 Å². The molecule has 0 saturated heterocycles. The van der Waals surface area contributed by atoms with E-state index in [1.807, 2.05) is 12.1 Å². The first-order valence-electron chi connectivity index (χ1n) is 19.3. The highest BCUT2D eigenvalue weighted by Gasteiger charge is 2.39. The van der Waals surface area contributed by atoms with Crippen molar-refractivity contribution in [1.82, 2.24) is 15.5 Å². The smallest absolute Gasteiger partial charge is 0.200 e. The van der Waals surface area contributed by atoms with Gasteiger partial charge in [0, 0.05) is 89.6 Å². The maximum absolute atomic E-state index is 14.8. The minimum atomic E-state index is -0.695. The lowest BCUT2D eigenvalue weighted by Crippen LogP contribution is -2.29. The van der Waals surface area contributed by atoms with Crippen LogP contribution in [0, 0.1) is 0 Å². The van der Waals surface area contributed by atoms with Gasteiger partial charge in [-0.2, -0.15) is 0 Å². The number of phenols is 2. The number of hydrogen-bond acceptors (Lipinski definition) is 15. The van der Waals surface area contributed by atoms with Crippen molar-refractivity contribution in [2.24, 2.45) is 0 Å². The topological polar surface area (TPSA) is 216 Å². The Morgan fingerprint density at radius 3 is 1.88 bits per heavy atom. The van der Waals surface area contributed by atoms with Crippen molar-refractivity contribution in [2.75, 3.05) is 94.6 Å². The highest BCUT2D eigenvalue weighted by Crippen LogP contribution is 2.49. The molecule has 1 aromatic heterocycles. The van der Waals surface area contributed by atoms with Crippen LogP contribution < -0.4 is 32.0 Å². The van der Waals surface area contributed by atoms with Crippen LogP contribution in [0.5, 0.6) is 11.5 Å². The number of nitrogens with one attached hydrogen (secondary N) is 5. The quantitative estimate of drug-likeness (QED) is 0.0304. The molecule has 57 heavy (non-hydrogen) atoms. The Bertz CT molecular complexity index is 2340. The normalized spacial score (nSPS) is 12.4. The fraction of sp³-hybridized carbons (Fsp3) is 0.357. The molecule has 0 atom stereocenters. The van der Waals surface area contributed by atoms with E-state index in [0.717, 1.165) is 17.8 Å². The third-order valence-electron chi connectivity index (χ3n) is 10.2. The van der Waals surface area contributed by atoms with E-state index in [2.05, 4.69) is 45.3 Å². The zero-order valence-electron chi connectivity index (χ0n) is 32.1. The van der Waals surface area contributed by atoms with Gasteiger partial charge in [0.15, 0.2) is 5.43 Å². The average Bonchev–Trinajstić information content (AvgIpc) is 3.22. The Morgan fingerprint density at radius 1 is 0.667 bits per heavy atom. The molecule has 6 rings (SSSR count). The summed E-state index contributed by atoms with van der Waals surface area (Å²) in [7, 11) is 0. The van der Waals surface area contributed by atoms with Crippen LogP contribution in [0.25, 0.3) is 31.3 Å². The maximum atomic E-state index is 14.8. The number of fused-ring (bicyclic) bond motifs is 4. The molecule has 0 spiro atoms. The molecule has 0 saturated carbocycles. The lowest BCUT2D eigenvalue weighted by atomic mass is 9.79. The lowest BCUT2D eigenvalue weighted by molar-refractivity contribution is 0.0975. The Kier molecular flexibility index (Phi) is 13.7. The number of phenolic OH excluding ortho intramolecular Hbond substituents is 2. The van der Waals surface area contributed by atoms with Gasteiger partial charge in [0.05, 0.1) is 53.1 Å². The summed E-state index contributed by atoms with van der Waals surface area (Å²) in [6.45, 7) is 8.58. The summed E-state index contributed by atoms with van der Waals surface area (Å²) in [6, 6.07) is 13.4. The first-order valence-corrected chi connectivity index (χ1v) is 20.1. The van der Waals surface area contributed by atoms with Gasteiger partial charge in [-0.15, -0.1) is 11.3 Å². The third-order valence-corrected chi connectivity index (χ3v) is 11.5. The number of anilines is 3. The van der Waals surface area contributed by atoms with E-state index in [0.29, 0.717) is 90.5 Å². The van der Waals surface area contributed by atoms with Gasteiger partial charge in [-0.25, -0.2) is 0 Å². The molecule has 302 valence electrons. The zero-order valence-corrected chi connectivity index (χ0v) is 32.9. The van der Waals surface area contributed by atoms with E-state index in [4.69, 9.17) is 5.11 Å². The van der Waals surface area contributed by atoms with Gasteiger partial charge in [0.2, 0.25) is 11.6 Å². The summed E-state index contributed by atoms with van der Waals surface area (Å²) in [6.07, 6.45) is 0. The highest BCUT2D eigenvalue weighted by atomic mass is 32.1. The molecule has 1 aliphatic carbocycles. The third kappa shape index (κ3) is 8.32. The average molecular weight is 799 g/mol. The molecule has 1 heterocycles. The monoisotopic (exact) mass is 798 g/mol. The second kappa shape index (κ2) is 18.9. The maximum Gasteiger partial charge on any atom is 0.200 e. The molecular weight excluding hydrogens is 749 g/mol. The molecule has 14 nitrogen and oxygen atoms in total. The van der Waals surface area contributed by atoms with Crippen LogP contribution in [0.3, 0.4) is 0 Å². The van der Waals surface area contributed by atoms with Crippen molar-refractivity contribution in [3.05, 3.63) is 86.6 Å². The van der Waals surface area contributed by atoms with E-state index < -0.39 is 29.7 Å². The molecule has 0 bridgehead atoms. The van der Waals surface area contributed by atoms with Crippen molar-refractivity contribution >= 4 is 60.1 Å². The van der Waals surface area contributed by atoms with E-state index in [-0.39, 0.29) is 52.0 Å². The number of rotatable bonds is 20. The second-order valence-corrected chi connectivity index (χ2v) is 14.7. The summed E-state index contributed by atoms with van der Waals surface area (Å²) in [5, 5.41) is 69.7. The van der Waals surface area contributed by atoms with Crippen molar-refractivity contribution in [1.29, 1.82) is 0 Å². The fourth-order valence-corrected chi connectivity index (χ4v) is 8.54. The number of aliphatic hydroxyl groups is 3. The summed E-state index contributed by atoms with van der Waals surface area (Å²) in [5.41, 5.74) is 0.769. The molecule has 0 radical (unpaired) electrons. The van der Waals surface area contributed by atoms with Crippen LogP contribution in [0.4, 0.5) is 17.1 Å². The number of carbonyl (C=O) groups excluding carboxylic acids is 2. The predicted molar refractivity (Wildman–Crippen MR) is 227 cm³/mol. The largest absolute Gasteiger partial charge is 0.507 e. The molecule has 10 N–H and O–H groups in total.